The predicted octanol–water partition coefficient (Wildman–Crippen LogP) is 1.28. The fourth-order valence-electron chi connectivity index (χ4n) is 4.76. The van der Waals surface area contributed by atoms with Crippen LogP contribution in [0.3, 0.4) is 0 Å². The maximum absolute atomic E-state index is 13.4. The van der Waals surface area contributed by atoms with E-state index in [1.165, 1.54) is 6.92 Å². The van der Waals surface area contributed by atoms with Crippen LogP contribution in [-0.4, -0.2) is 76.3 Å². The zero-order chi connectivity index (χ0) is 35.6. The van der Waals surface area contributed by atoms with Crippen LogP contribution < -0.4 is 33.2 Å². The Bertz CT molecular complexity index is 1440. The highest BCUT2D eigenvalue weighted by Crippen LogP contribution is 2.23. The van der Waals surface area contributed by atoms with Gasteiger partial charge >= 0.3 is 11.9 Å². The molecule has 0 heterocycles. The summed E-state index contributed by atoms with van der Waals surface area (Å²) in [7, 11) is 0. The summed E-state index contributed by atoms with van der Waals surface area (Å²) in [4.78, 5) is 75.7. The molecule has 15 nitrogen and oxygen atoms in total. The molecule has 0 aromatic heterocycles. The lowest BCUT2D eigenvalue weighted by molar-refractivity contribution is -0.142. The van der Waals surface area contributed by atoms with Gasteiger partial charge in [0.25, 0.3) is 0 Å². The van der Waals surface area contributed by atoms with Crippen LogP contribution in [-0.2, 0) is 35.2 Å². The summed E-state index contributed by atoms with van der Waals surface area (Å²) >= 11 is 0. The van der Waals surface area contributed by atoms with Crippen molar-refractivity contribution >= 4 is 47.1 Å². The number of anilines is 1. The Balaban J connectivity index is 2.07. The topological polar surface area (TPSA) is 269 Å². The van der Waals surface area contributed by atoms with Gasteiger partial charge in [-0.3, -0.25) is 29.0 Å². The van der Waals surface area contributed by atoms with Crippen molar-refractivity contribution in [3.63, 3.8) is 0 Å². The average molecular weight is 668 g/mol. The second kappa shape index (κ2) is 20.0. The van der Waals surface area contributed by atoms with Crippen molar-refractivity contribution < 1.29 is 39.0 Å². The minimum absolute atomic E-state index is 0.0305. The lowest BCUT2D eigenvalue weighted by Gasteiger charge is -2.21. The van der Waals surface area contributed by atoms with E-state index in [1.807, 2.05) is 36.4 Å². The van der Waals surface area contributed by atoms with Gasteiger partial charge in [0.15, 0.2) is 11.7 Å². The first-order valence-electron chi connectivity index (χ1n) is 15.6. The molecule has 15 heteroatoms. The molecule has 0 aliphatic carbocycles. The Kier molecular flexibility index (Phi) is 16.2. The number of carboxylic acids is 2. The highest BCUT2D eigenvalue weighted by Gasteiger charge is 2.25. The standard InChI is InChI=1S/C33H45N7O8/c1-20(41)38-24-14-12-23(13-15-24)22-10-8-21(9-11-22)19-27(40-31(46)25(34)5-4-18-37-33(35)36)28(42)7-3-2-6-26(32(47)48)39-29(43)16-17-30(44)45/h8-15,25-27H,2-7,16-19,34H2,1H3,(H,38,41)(H,39,43)(H,40,46)(H,44,45)(H,47,48)(H4,35,36,37)/t25-,26+,27+/m0/s1. The average Bonchev–Trinajstić information content (AvgIpc) is 3.03. The number of carbonyl (C=O) groups excluding carboxylic acids is 4. The minimum Gasteiger partial charge on any atom is -0.481 e. The maximum atomic E-state index is 13.4. The molecule has 0 aliphatic heterocycles. The normalized spacial score (nSPS) is 12.5. The highest BCUT2D eigenvalue weighted by atomic mass is 16.4. The van der Waals surface area contributed by atoms with Crippen molar-refractivity contribution in [1.82, 2.24) is 10.6 Å². The molecule has 0 spiro atoms. The summed E-state index contributed by atoms with van der Waals surface area (Å²) in [6, 6.07) is 11.8. The van der Waals surface area contributed by atoms with Gasteiger partial charge < -0.3 is 43.4 Å². The van der Waals surface area contributed by atoms with E-state index < -0.39 is 48.3 Å². The number of Topliss-reactive ketones (excluding diaryl/α,β-unsaturated/α-hetero) is 1. The smallest absolute Gasteiger partial charge is 0.326 e. The third-order valence-electron chi connectivity index (χ3n) is 7.31. The number of carboxylic acid groups (broad SMARTS) is 2. The van der Waals surface area contributed by atoms with E-state index in [9.17, 15) is 33.9 Å². The third-order valence-corrected chi connectivity index (χ3v) is 7.31. The number of carbonyl (C=O) groups is 6. The van der Waals surface area contributed by atoms with Crippen molar-refractivity contribution in [2.75, 3.05) is 11.9 Å². The van der Waals surface area contributed by atoms with Gasteiger partial charge in [0.05, 0.1) is 18.5 Å². The van der Waals surface area contributed by atoms with Gasteiger partial charge in [-0.15, -0.1) is 0 Å². The lowest BCUT2D eigenvalue weighted by Crippen LogP contribution is -2.49. The number of benzene rings is 2. The number of aliphatic imine (C=N–C) groups is 1. The molecular formula is C33H45N7O8. The zero-order valence-corrected chi connectivity index (χ0v) is 26.9. The van der Waals surface area contributed by atoms with Crippen molar-refractivity contribution in [3.05, 3.63) is 54.1 Å². The van der Waals surface area contributed by atoms with Crippen molar-refractivity contribution in [2.24, 2.45) is 22.2 Å². The monoisotopic (exact) mass is 667 g/mol. The van der Waals surface area contributed by atoms with E-state index in [0.717, 1.165) is 16.7 Å². The number of ketones is 1. The Labute approximate surface area is 278 Å². The van der Waals surface area contributed by atoms with Crippen LogP contribution in [0, 0.1) is 0 Å². The molecule has 0 radical (unpaired) electrons. The SMILES string of the molecule is CC(=O)Nc1ccc(-c2ccc(C[C@@H](NC(=O)[C@@H](N)CCCN=C(N)N)C(=O)CCCC[C@@H](NC(=O)CCC(=O)O)C(=O)O)cc2)cc1. The first-order valence-corrected chi connectivity index (χ1v) is 15.6. The van der Waals surface area contributed by atoms with Crippen molar-refractivity contribution in [3.8, 4) is 11.1 Å². The number of guanidine groups is 1. The van der Waals surface area contributed by atoms with E-state index in [-0.39, 0.29) is 62.6 Å². The maximum Gasteiger partial charge on any atom is 0.326 e. The van der Waals surface area contributed by atoms with E-state index in [0.29, 0.717) is 18.7 Å². The molecule has 3 amide bonds. The molecule has 48 heavy (non-hydrogen) atoms. The summed E-state index contributed by atoms with van der Waals surface area (Å²) < 4.78 is 0. The predicted molar refractivity (Wildman–Crippen MR) is 180 cm³/mol. The number of rotatable bonds is 21. The van der Waals surface area contributed by atoms with Crippen LogP contribution in [0.5, 0.6) is 0 Å². The molecule has 2 aromatic carbocycles. The van der Waals surface area contributed by atoms with Gasteiger partial charge in [-0.05, 0) is 60.9 Å². The molecule has 260 valence electrons. The number of nitrogens with one attached hydrogen (secondary N) is 3. The number of amides is 3. The molecule has 0 unspecified atom stereocenters. The first kappa shape index (κ1) is 38.9. The molecular weight excluding hydrogens is 622 g/mol. The Hall–Kier alpha value is -5.31. The van der Waals surface area contributed by atoms with E-state index in [1.54, 1.807) is 12.1 Å². The molecule has 0 aliphatic rings. The van der Waals surface area contributed by atoms with Crippen LogP contribution in [0.15, 0.2) is 53.5 Å². The van der Waals surface area contributed by atoms with Crippen molar-refractivity contribution in [1.29, 1.82) is 0 Å². The van der Waals surface area contributed by atoms with Crippen molar-refractivity contribution in [2.45, 2.75) is 82.8 Å². The van der Waals surface area contributed by atoms with Gasteiger partial charge in [0.1, 0.15) is 6.04 Å². The number of hydrogen-bond acceptors (Lipinski definition) is 8. The Morgan fingerprint density at radius 3 is 1.96 bits per heavy atom. The quantitative estimate of drug-likeness (QED) is 0.0534. The van der Waals surface area contributed by atoms with E-state index >= 15 is 0 Å². The van der Waals surface area contributed by atoms with Gasteiger partial charge in [0.2, 0.25) is 17.7 Å². The zero-order valence-electron chi connectivity index (χ0n) is 26.9. The minimum atomic E-state index is -1.27. The summed E-state index contributed by atoms with van der Waals surface area (Å²) in [6.07, 6.45) is 0.792. The Morgan fingerprint density at radius 2 is 1.40 bits per heavy atom. The highest BCUT2D eigenvalue weighted by molar-refractivity contribution is 5.91. The van der Waals surface area contributed by atoms with E-state index in [4.69, 9.17) is 22.3 Å². The molecule has 2 aromatic rings. The summed E-state index contributed by atoms with van der Waals surface area (Å²) in [5.41, 5.74) is 20.0. The second-order valence-corrected chi connectivity index (χ2v) is 11.3. The van der Waals surface area contributed by atoms with Gasteiger partial charge in [0, 0.05) is 32.0 Å². The van der Waals surface area contributed by atoms with Gasteiger partial charge in [-0.25, -0.2) is 4.79 Å². The fourth-order valence-corrected chi connectivity index (χ4v) is 4.76. The van der Waals surface area contributed by atoms with Crippen LogP contribution in [0.2, 0.25) is 0 Å². The number of hydrogen-bond donors (Lipinski definition) is 8. The molecule has 2 rings (SSSR count). The largest absolute Gasteiger partial charge is 0.481 e. The summed E-state index contributed by atoms with van der Waals surface area (Å²) in [5, 5.41) is 26.0. The fraction of sp³-hybridized carbons (Fsp3) is 0.424. The molecule has 11 N–H and O–H groups in total. The number of nitrogens with zero attached hydrogens (tertiary/aromatic N) is 1. The molecule has 0 bridgehead atoms. The number of nitrogens with two attached hydrogens (primary N) is 3. The number of unbranched alkanes of at least 4 members (excludes halogenated alkanes) is 1. The molecule has 0 saturated carbocycles. The van der Waals surface area contributed by atoms with Crippen LogP contribution in [0.1, 0.15) is 63.9 Å². The summed E-state index contributed by atoms with van der Waals surface area (Å²) in [5.74, 6) is -4.15. The molecule has 3 atom stereocenters. The van der Waals surface area contributed by atoms with Gasteiger partial charge in [-0.1, -0.05) is 42.8 Å². The summed E-state index contributed by atoms with van der Waals surface area (Å²) in [6.45, 7) is 1.73. The Morgan fingerprint density at radius 1 is 0.771 bits per heavy atom. The van der Waals surface area contributed by atoms with Crippen LogP contribution in [0.4, 0.5) is 5.69 Å². The molecule has 0 saturated heterocycles. The lowest BCUT2D eigenvalue weighted by atomic mass is 9.96. The van der Waals surface area contributed by atoms with Crippen LogP contribution in [0.25, 0.3) is 11.1 Å². The van der Waals surface area contributed by atoms with Crippen LogP contribution >= 0.6 is 0 Å². The van der Waals surface area contributed by atoms with Gasteiger partial charge in [-0.2, -0.15) is 0 Å². The molecule has 0 fully saturated rings. The number of aliphatic carboxylic acids is 2. The van der Waals surface area contributed by atoms with E-state index in [2.05, 4.69) is 20.9 Å². The first-order chi connectivity index (χ1) is 22.7. The second-order valence-electron chi connectivity index (χ2n) is 11.3. The third kappa shape index (κ3) is 14.9.